The maximum atomic E-state index is 12.1. The van der Waals surface area contributed by atoms with Crippen LogP contribution in [0.4, 0.5) is 0 Å². The lowest BCUT2D eigenvalue weighted by atomic mass is 9.89. The van der Waals surface area contributed by atoms with Gasteiger partial charge in [0.15, 0.2) is 0 Å². The van der Waals surface area contributed by atoms with Crippen molar-refractivity contribution in [3.8, 4) is 0 Å². The maximum Gasteiger partial charge on any atom is 0.253 e. The first-order valence-electron chi connectivity index (χ1n) is 6.43. The summed E-state index contributed by atoms with van der Waals surface area (Å²) in [6.07, 6.45) is 2.32. The number of piperidine rings is 1. The average molecular weight is 243 g/mol. The van der Waals surface area contributed by atoms with Crippen LogP contribution in [0.25, 0.3) is 0 Å². The van der Waals surface area contributed by atoms with Crippen molar-refractivity contribution in [3.63, 3.8) is 0 Å². The number of benzene rings is 1. The number of nitrogens with zero attached hydrogens (tertiary/aromatic N) is 1. The monoisotopic (exact) mass is 243 g/mol. The van der Waals surface area contributed by atoms with E-state index in [1.807, 2.05) is 18.2 Å². The van der Waals surface area contributed by atoms with Crippen LogP contribution in [0.15, 0.2) is 35.3 Å². The predicted molar refractivity (Wildman–Crippen MR) is 70.6 cm³/mol. The smallest absolute Gasteiger partial charge is 0.253 e. The molecule has 0 unspecified atom stereocenters. The Balaban J connectivity index is 1.78. The number of carbonyl (C=O) groups is 1. The fraction of sp³-hybridized carbons (Fsp3) is 0.429. The topological polar surface area (TPSA) is 53.5 Å². The van der Waals surface area contributed by atoms with Crippen molar-refractivity contribution >= 4 is 11.7 Å². The molecule has 0 saturated carbocycles. The molecule has 3 rings (SSSR count). The molecular formula is C14H17N3O. The lowest BCUT2D eigenvalue weighted by molar-refractivity contribution is -0.124. The van der Waals surface area contributed by atoms with Crippen LogP contribution < -0.4 is 10.6 Å². The molecule has 0 bridgehead atoms. The van der Waals surface area contributed by atoms with Gasteiger partial charge < -0.3 is 10.6 Å². The summed E-state index contributed by atoms with van der Waals surface area (Å²) in [6, 6.07) is 10.1. The molecule has 2 aliphatic heterocycles. The largest absolute Gasteiger partial charge is 0.317 e. The van der Waals surface area contributed by atoms with Crippen molar-refractivity contribution < 1.29 is 4.79 Å². The van der Waals surface area contributed by atoms with Crippen LogP contribution in [0, 0.1) is 0 Å². The molecule has 0 atom stereocenters. The number of amidine groups is 1. The Kier molecular flexibility index (Phi) is 2.88. The van der Waals surface area contributed by atoms with Crippen LogP contribution in [0.5, 0.6) is 0 Å². The summed E-state index contributed by atoms with van der Waals surface area (Å²) < 4.78 is 0. The van der Waals surface area contributed by atoms with Gasteiger partial charge in [-0.05, 0) is 31.5 Å². The van der Waals surface area contributed by atoms with E-state index in [1.54, 1.807) is 0 Å². The van der Waals surface area contributed by atoms with E-state index in [9.17, 15) is 4.79 Å². The first kappa shape index (κ1) is 11.4. The van der Waals surface area contributed by atoms with Gasteiger partial charge in [-0.15, -0.1) is 0 Å². The van der Waals surface area contributed by atoms with Gasteiger partial charge in [0.05, 0.1) is 0 Å². The Labute approximate surface area is 106 Å². The highest BCUT2D eigenvalue weighted by atomic mass is 16.2. The molecule has 1 aromatic rings. The molecule has 2 N–H and O–H groups in total. The third-order valence-electron chi connectivity index (χ3n) is 3.67. The van der Waals surface area contributed by atoms with Crippen molar-refractivity contribution in [2.75, 3.05) is 13.1 Å². The summed E-state index contributed by atoms with van der Waals surface area (Å²) in [5, 5.41) is 6.22. The van der Waals surface area contributed by atoms with Crippen LogP contribution in [-0.2, 0) is 11.2 Å². The molecule has 0 aliphatic carbocycles. The number of hydrogen-bond acceptors (Lipinski definition) is 3. The van der Waals surface area contributed by atoms with Crippen LogP contribution in [0.2, 0.25) is 0 Å². The summed E-state index contributed by atoms with van der Waals surface area (Å²) >= 11 is 0. The third kappa shape index (κ3) is 2.04. The van der Waals surface area contributed by atoms with E-state index in [0.29, 0.717) is 6.42 Å². The highest BCUT2D eigenvalue weighted by Crippen LogP contribution is 2.27. The van der Waals surface area contributed by atoms with E-state index in [1.165, 1.54) is 5.56 Å². The van der Waals surface area contributed by atoms with Crippen molar-refractivity contribution in [1.82, 2.24) is 10.6 Å². The summed E-state index contributed by atoms with van der Waals surface area (Å²) in [5.41, 5.74) is 0.692. The second kappa shape index (κ2) is 4.53. The van der Waals surface area contributed by atoms with E-state index < -0.39 is 5.54 Å². The second-order valence-corrected chi connectivity index (χ2v) is 4.96. The molecule has 0 aromatic heterocycles. The van der Waals surface area contributed by atoms with Gasteiger partial charge in [-0.25, -0.2) is 0 Å². The first-order chi connectivity index (χ1) is 8.78. The minimum Gasteiger partial charge on any atom is -0.317 e. The van der Waals surface area contributed by atoms with Gasteiger partial charge in [0.2, 0.25) is 0 Å². The van der Waals surface area contributed by atoms with Crippen LogP contribution >= 0.6 is 0 Å². The normalized spacial score (nSPS) is 21.8. The molecule has 0 radical (unpaired) electrons. The standard InChI is InChI=1S/C14H17N3O/c18-13-14(6-8-15-9-7-14)17-12(16-13)10-11-4-2-1-3-5-11/h1-5,15H,6-10H2,(H,16,17,18). The molecule has 1 aromatic carbocycles. The fourth-order valence-corrected chi connectivity index (χ4v) is 2.64. The van der Waals surface area contributed by atoms with Crippen LogP contribution in [0.3, 0.4) is 0 Å². The lowest BCUT2D eigenvalue weighted by Gasteiger charge is -2.28. The Hall–Kier alpha value is -1.68. The van der Waals surface area contributed by atoms with Gasteiger partial charge in [0.1, 0.15) is 11.4 Å². The van der Waals surface area contributed by atoms with Gasteiger partial charge in [-0.3, -0.25) is 9.79 Å². The summed E-state index contributed by atoms with van der Waals surface area (Å²) in [4.78, 5) is 16.8. The van der Waals surface area contributed by atoms with Gasteiger partial charge in [-0.2, -0.15) is 0 Å². The van der Waals surface area contributed by atoms with Gasteiger partial charge in [0, 0.05) is 6.42 Å². The van der Waals surface area contributed by atoms with E-state index in [2.05, 4.69) is 27.8 Å². The number of carbonyl (C=O) groups excluding carboxylic acids is 1. The highest BCUT2D eigenvalue weighted by Gasteiger charge is 2.43. The van der Waals surface area contributed by atoms with Crippen molar-refractivity contribution in [2.24, 2.45) is 4.99 Å². The molecule has 4 nitrogen and oxygen atoms in total. The lowest BCUT2D eigenvalue weighted by Crippen LogP contribution is -2.47. The third-order valence-corrected chi connectivity index (χ3v) is 3.67. The predicted octanol–water partition coefficient (Wildman–Crippen LogP) is 0.880. The molecule has 94 valence electrons. The first-order valence-corrected chi connectivity index (χ1v) is 6.43. The molecule has 1 fully saturated rings. The molecule has 18 heavy (non-hydrogen) atoms. The van der Waals surface area contributed by atoms with E-state index in [-0.39, 0.29) is 5.91 Å². The zero-order valence-corrected chi connectivity index (χ0v) is 10.3. The number of hydrogen-bond donors (Lipinski definition) is 2. The molecule has 4 heteroatoms. The minimum absolute atomic E-state index is 0.0786. The van der Waals surface area contributed by atoms with Crippen molar-refractivity contribution in [3.05, 3.63) is 35.9 Å². The molecule has 1 amide bonds. The summed E-state index contributed by atoms with van der Waals surface area (Å²) in [6.45, 7) is 1.74. The Morgan fingerprint density at radius 1 is 1.17 bits per heavy atom. The number of amides is 1. The Morgan fingerprint density at radius 3 is 2.61 bits per heavy atom. The van der Waals surface area contributed by atoms with E-state index >= 15 is 0 Å². The summed E-state index contributed by atoms with van der Waals surface area (Å²) in [7, 11) is 0. The molecule has 2 aliphatic rings. The van der Waals surface area contributed by atoms with Crippen molar-refractivity contribution in [2.45, 2.75) is 24.8 Å². The fourth-order valence-electron chi connectivity index (χ4n) is 2.64. The molecule has 1 spiro atoms. The molecular weight excluding hydrogens is 226 g/mol. The maximum absolute atomic E-state index is 12.1. The second-order valence-electron chi connectivity index (χ2n) is 4.96. The highest BCUT2D eigenvalue weighted by molar-refractivity contribution is 6.08. The van der Waals surface area contributed by atoms with Gasteiger partial charge in [-0.1, -0.05) is 30.3 Å². The van der Waals surface area contributed by atoms with Gasteiger partial charge in [0.25, 0.3) is 5.91 Å². The van der Waals surface area contributed by atoms with Crippen LogP contribution in [-0.4, -0.2) is 30.4 Å². The van der Waals surface area contributed by atoms with Crippen LogP contribution in [0.1, 0.15) is 18.4 Å². The minimum atomic E-state index is -0.491. The Bertz CT molecular complexity index is 475. The number of rotatable bonds is 2. The van der Waals surface area contributed by atoms with E-state index in [0.717, 1.165) is 31.8 Å². The molecule has 1 saturated heterocycles. The summed E-state index contributed by atoms with van der Waals surface area (Å²) in [5.74, 6) is 0.892. The quantitative estimate of drug-likeness (QED) is 0.810. The Morgan fingerprint density at radius 2 is 1.89 bits per heavy atom. The number of aliphatic imine (C=N–C) groups is 1. The average Bonchev–Trinajstić information content (AvgIpc) is 2.68. The zero-order chi connectivity index (χ0) is 12.4. The van der Waals surface area contributed by atoms with Gasteiger partial charge >= 0.3 is 0 Å². The SMILES string of the molecule is O=C1NC(Cc2ccccc2)=NC12CCNCC2. The zero-order valence-electron chi connectivity index (χ0n) is 10.3. The van der Waals surface area contributed by atoms with E-state index in [4.69, 9.17) is 0 Å². The number of nitrogens with one attached hydrogen (secondary N) is 2. The van der Waals surface area contributed by atoms with Crippen molar-refractivity contribution in [1.29, 1.82) is 0 Å². The molecule has 2 heterocycles.